The van der Waals surface area contributed by atoms with Gasteiger partial charge in [0.25, 0.3) is 0 Å². The fraction of sp³-hybridized carbons (Fsp3) is 0.500. The third-order valence-electron chi connectivity index (χ3n) is 2.35. The fourth-order valence-electron chi connectivity index (χ4n) is 1.51. The molecule has 0 unspecified atom stereocenters. The number of phenols is 1. The van der Waals surface area contributed by atoms with Gasteiger partial charge in [-0.15, -0.1) is 10.3 Å². The lowest BCUT2D eigenvalue weighted by Gasteiger charge is -2.22. The molecule has 0 saturated carbocycles. The molecule has 0 radical (unpaired) electrons. The Kier molecular flexibility index (Phi) is 4.50. The van der Waals surface area contributed by atoms with Crippen molar-refractivity contribution < 1.29 is 14.4 Å². The first kappa shape index (κ1) is 13.2. The van der Waals surface area contributed by atoms with Gasteiger partial charge < -0.3 is 14.4 Å². The van der Waals surface area contributed by atoms with Gasteiger partial charge >= 0.3 is 0 Å². The summed E-state index contributed by atoms with van der Waals surface area (Å²) in [4.78, 5) is 0. The summed E-state index contributed by atoms with van der Waals surface area (Å²) in [5.74, 6) is 1.52. The molecule has 0 saturated heterocycles. The van der Waals surface area contributed by atoms with Gasteiger partial charge in [0, 0.05) is 0 Å². The molecule has 0 bridgehead atoms. The summed E-state index contributed by atoms with van der Waals surface area (Å²) < 4.78 is 14.7. The predicted octanol–water partition coefficient (Wildman–Crippen LogP) is 2.87. The number of ether oxygens (including phenoxy) is 1. The van der Waals surface area contributed by atoms with Crippen LogP contribution < -0.4 is 4.74 Å². The first-order chi connectivity index (χ1) is 7.42. The molecule has 0 heterocycles. The number of phenolic OH excluding ortho intramolecular Hbond substituents is 1. The number of hydrogen-bond acceptors (Lipinski definition) is 3. The Morgan fingerprint density at radius 2 is 2.00 bits per heavy atom. The van der Waals surface area contributed by atoms with Crippen LogP contribution in [0.3, 0.4) is 0 Å². The van der Waals surface area contributed by atoms with Crippen LogP contribution in [0, 0.1) is 0 Å². The van der Waals surface area contributed by atoms with Crippen molar-refractivity contribution in [3.05, 3.63) is 23.8 Å². The lowest BCUT2D eigenvalue weighted by Crippen LogP contribution is -2.01. The van der Waals surface area contributed by atoms with Crippen molar-refractivity contribution in [1.82, 2.24) is 0 Å². The van der Waals surface area contributed by atoms with E-state index in [1.165, 1.54) is 0 Å². The Morgan fingerprint density at radius 1 is 1.31 bits per heavy atom. The van der Waals surface area contributed by atoms with Gasteiger partial charge in [0.15, 0.2) is 11.5 Å². The van der Waals surface area contributed by atoms with Gasteiger partial charge in [-0.25, -0.2) is 0 Å². The van der Waals surface area contributed by atoms with Crippen LogP contribution in [-0.2, 0) is 6.42 Å². The van der Waals surface area contributed by atoms with Crippen LogP contribution in [0.15, 0.2) is 18.2 Å². The number of aromatic hydroxyl groups is 1. The lowest BCUT2D eigenvalue weighted by molar-refractivity contribution is 0.373. The highest BCUT2D eigenvalue weighted by molar-refractivity contribution is 8.28. The van der Waals surface area contributed by atoms with Crippen LogP contribution in [0.4, 0.5) is 0 Å². The van der Waals surface area contributed by atoms with Gasteiger partial charge in [0.1, 0.15) is 0 Å². The number of methoxy groups -OCH3 is 1. The highest BCUT2D eigenvalue weighted by Crippen LogP contribution is 2.35. The fourth-order valence-corrected chi connectivity index (χ4v) is 2.36. The third kappa shape index (κ3) is 4.33. The van der Waals surface area contributed by atoms with E-state index in [0.717, 1.165) is 24.2 Å². The molecule has 0 fully saturated rings. The van der Waals surface area contributed by atoms with Crippen LogP contribution in [-0.4, -0.2) is 35.0 Å². The summed E-state index contributed by atoms with van der Waals surface area (Å²) in [5, 5.41) is 9.43. The second kappa shape index (κ2) is 5.46. The number of rotatable bonds is 5. The normalized spacial score (nSPS) is 12.5. The van der Waals surface area contributed by atoms with Crippen molar-refractivity contribution >= 4 is 10.3 Å². The Bertz CT molecular complexity index is 345. The molecule has 1 rings (SSSR count). The van der Waals surface area contributed by atoms with Gasteiger partial charge in [0.05, 0.1) is 7.11 Å². The maximum Gasteiger partial charge on any atom is 0.160 e. The van der Waals surface area contributed by atoms with Crippen molar-refractivity contribution in [2.24, 2.45) is 0 Å². The monoisotopic (exact) mass is 244 g/mol. The zero-order valence-electron chi connectivity index (χ0n) is 10.1. The van der Waals surface area contributed by atoms with E-state index in [4.69, 9.17) is 4.74 Å². The molecular weight excluding hydrogens is 224 g/mol. The van der Waals surface area contributed by atoms with Crippen molar-refractivity contribution in [2.75, 3.05) is 25.4 Å². The molecule has 4 heteroatoms. The van der Waals surface area contributed by atoms with Crippen molar-refractivity contribution in [3.63, 3.8) is 0 Å². The highest BCUT2D eigenvalue weighted by atomic mass is 32.3. The average Bonchev–Trinajstić information content (AvgIpc) is 2.18. The van der Waals surface area contributed by atoms with E-state index >= 15 is 0 Å². The molecule has 0 aliphatic heterocycles. The van der Waals surface area contributed by atoms with Gasteiger partial charge in [-0.1, -0.05) is 6.07 Å². The molecule has 16 heavy (non-hydrogen) atoms. The molecule has 1 aromatic carbocycles. The Hall–Kier alpha value is -0.870. The number of hydrogen-bond donors (Lipinski definition) is 2. The van der Waals surface area contributed by atoms with Crippen molar-refractivity contribution in [3.8, 4) is 11.5 Å². The molecule has 0 aliphatic rings. The Balaban J connectivity index is 2.55. The van der Waals surface area contributed by atoms with Crippen LogP contribution in [0.5, 0.6) is 11.5 Å². The molecule has 92 valence electrons. The smallest absolute Gasteiger partial charge is 0.160 e. The molecule has 0 aromatic heterocycles. The van der Waals surface area contributed by atoms with E-state index in [9.17, 15) is 9.66 Å². The predicted molar refractivity (Wildman–Crippen MR) is 69.9 cm³/mol. The SMILES string of the molecule is COc1cc(CCCS(C)(C)O)ccc1O. The van der Waals surface area contributed by atoms with Crippen LogP contribution >= 0.6 is 10.3 Å². The molecule has 1 aromatic rings. The standard InChI is InChI=1S/C12H20O3S/c1-15-12-9-10(6-7-11(12)13)5-4-8-16(2,3)14/h6-7,9,13-14H,4-5,8H2,1-3H3. The van der Waals surface area contributed by atoms with E-state index in [0.29, 0.717) is 5.75 Å². The zero-order chi connectivity index (χ0) is 12.2. The van der Waals surface area contributed by atoms with Crippen molar-refractivity contribution in [2.45, 2.75) is 12.8 Å². The lowest BCUT2D eigenvalue weighted by atomic mass is 10.1. The van der Waals surface area contributed by atoms with Crippen LogP contribution in [0.25, 0.3) is 0 Å². The summed E-state index contributed by atoms with van der Waals surface area (Å²) >= 11 is 0. The van der Waals surface area contributed by atoms with Gasteiger partial charge in [0.2, 0.25) is 0 Å². The van der Waals surface area contributed by atoms with E-state index < -0.39 is 10.3 Å². The number of benzene rings is 1. The maximum atomic E-state index is 9.66. The van der Waals surface area contributed by atoms with E-state index in [1.807, 2.05) is 24.6 Å². The van der Waals surface area contributed by atoms with E-state index in [-0.39, 0.29) is 5.75 Å². The van der Waals surface area contributed by atoms with Crippen LogP contribution in [0.2, 0.25) is 0 Å². The Morgan fingerprint density at radius 3 is 2.56 bits per heavy atom. The second-order valence-electron chi connectivity index (χ2n) is 4.29. The highest BCUT2D eigenvalue weighted by Gasteiger charge is 2.07. The molecule has 0 atom stereocenters. The second-order valence-corrected chi connectivity index (χ2v) is 7.66. The van der Waals surface area contributed by atoms with Gasteiger partial charge in [-0.2, -0.15) is 0 Å². The van der Waals surface area contributed by atoms with Crippen LogP contribution in [0.1, 0.15) is 12.0 Å². The molecule has 0 aliphatic carbocycles. The summed E-state index contributed by atoms with van der Waals surface area (Å²) in [5.41, 5.74) is 1.12. The minimum atomic E-state index is -1.40. The molecule has 2 N–H and O–H groups in total. The first-order valence-electron chi connectivity index (χ1n) is 5.22. The Labute approximate surface area is 98.6 Å². The van der Waals surface area contributed by atoms with Gasteiger partial charge in [-0.05, 0) is 48.8 Å². The summed E-state index contributed by atoms with van der Waals surface area (Å²) in [7, 11) is 0.143. The molecular formula is C12H20O3S. The van der Waals surface area contributed by atoms with Crippen molar-refractivity contribution in [1.29, 1.82) is 0 Å². The summed E-state index contributed by atoms with van der Waals surface area (Å²) in [6.07, 6.45) is 5.63. The molecule has 0 spiro atoms. The van der Waals surface area contributed by atoms with Gasteiger partial charge in [-0.3, -0.25) is 0 Å². The van der Waals surface area contributed by atoms with E-state index in [1.54, 1.807) is 13.2 Å². The minimum absolute atomic E-state index is 0.166. The zero-order valence-corrected chi connectivity index (χ0v) is 10.9. The number of aryl methyl sites for hydroxylation is 1. The molecule has 3 nitrogen and oxygen atoms in total. The minimum Gasteiger partial charge on any atom is -0.504 e. The van der Waals surface area contributed by atoms with E-state index in [2.05, 4.69) is 0 Å². The largest absolute Gasteiger partial charge is 0.504 e. The summed E-state index contributed by atoms with van der Waals surface area (Å²) in [6.45, 7) is 0. The average molecular weight is 244 g/mol. The summed E-state index contributed by atoms with van der Waals surface area (Å²) in [6, 6.07) is 5.37. The topological polar surface area (TPSA) is 49.7 Å². The molecule has 0 amide bonds. The first-order valence-corrected chi connectivity index (χ1v) is 7.79. The quantitative estimate of drug-likeness (QED) is 0.837. The maximum absolute atomic E-state index is 9.66. The third-order valence-corrected chi connectivity index (χ3v) is 3.64.